The van der Waals surface area contributed by atoms with Crippen molar-refractivity contribution in [1.82, 2.24) is 0 Å². The van der Waals surface area contributed by atoms with E-state index in [0.717, 1.165) is 77.0 Å². The van der Waals surface area contributed by atoms with Crippen LogP contribution in [0.2, 0.25) is 0 Å². The molecule has 5 nitrogen and oxygen atoms in total. The van der Waals surface area contributed by atoms with Crippen LogP contribution < -0.4 is 20.9 Å². The number of nitrogens with one attached hydrogen (secondary N) is 1. The molecule has 0 spiro atoms. The van der Waals surface area contributed by atoms with Crippen LogP contribution in [0.1, 0.15) is 7.43 Å². The first-order chi connectivity index (χ1) is 47.9. The number of thiophene rings is 3. The van der Waals surface area contributed by atoms with E-state index in [1.54, 1.807) is 11.3 Å². The summed E-state index contributed by atoms with van der Waals surface area (Å²) in [4.78, 5) is 4.82. The van der Waals surface area contributed by atoms with Crippen molar-refractivity contribution in [2.75, 3.05) is 20.9 Å². The Morgan fingerprint density at radius 1 is 0.306 bits per heavy atom. The Balaban J connectivity index is 0.000000125. The average molecular weight is 1380 g/mol. The second-order valence-electron chi connectivity index (χ2n) is 24.3. The summed E-state index contributed by atoms with van der Waals surface area (Å²) in [7, 11) is 0. The molecule has 0 fully saturated rings. The number of para-hydroxylation sites is 2. The van der Waals surface area contributed by atoms with Crippen LogP contribution in [0.15, 0.2) is 336 Å². The van der Waals surface area contributed by atoms with Crippen LogP contribution >= 0.6 is 49.9 Å². The number of nitrogen functional groups attached to an aromatic ring is 1. The zero-order chi connectivity index (χ0) is 64.5. The van der Waals surface area contributed by atoms with Gasteiger partial charge >= 0.3 is 0 Å². The highest BCUT2D eigenvalue weighted by molar-refractivity contribution is 9.10. The quantitative estimate of drug-likeness (QED) is 0.149. The maximum atomic E-state index is 6.74. The monoisotopic (exact) mass is 1380 g/mol. The third-order valence-corrected chi connectivity index (χ3v) is 22.7. The van der Waals surface area contributed by atoms with Crippen LogP contribution in [0, 0.1) is 0 Å². The van der Waals surface area contributed by atoms with Crippen molar-refractivity contribution in [2.24, 2.45) is 0 Å². The molecule has 0 aliphatic heterocycles. The number of hydrogen-bond acceptors (Lipinski definition) is 8. The summed E-state index contributed by atoms with van der Waals surface area (Å²) in [5, 5.41) is 23.3. The van der Waals surface area contributed by atoms with Gasteiger partial charge < -0.3 is 25.3 Å². The summed E-state index contributed by atoms with van der Waals surface area (Å²) >= 11 is 9.12. The largest absolute Gasteiger partial charge is 0.455 e. The number of nitrogens with two attached hydrogens (primary N) is 1. The molecule has 468 valence electrons. The minimum Gasteiger partial charge on any atom is -0.455 e. The fourth-order valence-electron chi connectivity index (χ4n) is 14.1. The van der Waals surface area contributed by atoms with Crippen LogP contribution in [0.3, 0.4) is 0 Å². The smallest absolute Gasteiger partial charge is 0.143 e. The molecule has 0 aliphatic carbocycles. The second kappa shape index (κ2) is 25.4. The molecule has 0 amide bonds. The van der Waals surface area contributed by atoms with Gasteiger partial charge in [-0.3, -0.25) is 0 Å². The minimum atomic E-state index is 0. The Hall–Kier alpha value is -11.3. The van der Waals surface area contributed by atoms with Crippen LogP contribution in [0.4, 0.5) is 51.2 Å². The molecular weight excluding hydrogens is 1320 g/mol. The molecule has 0 saturated heterocycles. The van der Waals surface area contributed by atoms with Crippen molar-refractivity contribution in [3.63, 3.8) is 0 Å². The van der Waals surface area contributed by atoms with Gasteiger partial charge in [-0.05, 0) is 108 Å². The lowest BCUT2D eigenvalue weighted by Gasteiger charge is -2.28. The Labute approximate surface area is 586 Å². The topological polar surface area (TPSA) is 57.7 Å². The molecule has 20 rings (SSSR count). The highest BCUT2D eigenvalue weighted by Gasteiger charge is 2.24. The van der Waals surface area contributed by atoms with E-state index < -0.39 is 0 Å². The number of anilines is 9. The molecule has 0 radical (unpaired) electrons. The Bertz CT molecular complexity index is 6420. The zero-order valence-corrected chi connectivity index (χ0v) is 56.2. The predicted octanol–water partition coefficient (Wildman–Crippen LogP) is 28.3. The van der Waals surface area contributed by atoms with Gasteiger partial charge in [0.1, 0.15) is 11.2 Å². The van der Waals surface area contributed by atoms with Crippen LogP contribution in [-0.2, 0) is 0 Å². The first kappa shape index (κ1) is 60.4. The second-order valence-corrected chi connectivity index (χ2v) is 28.3. The van der Waals surface area contributed by atoms with Crippen molar-refractivity contribution in [3.05, 3.63) is 332 Å². The summed E-state index contributed by atoms with van der Waals surface area (Å²) in [5.41, 5.74) is 17.5. The van der Waals surface area contributed by atoms with Crippen LogP contribution in [0.5, 0.6) is 0 Å². The Kier molecular flexibility index (Phi) is 15.6. The summed E-state index contributed by atoms with van der Waals surface area (Å²) in [5.74, 6) is 0. The normalized spacial score (nSPS) is 11.5. The first-order valence-electron chi connectivity index (χ1n) is 32.3. The molecule has 4 heterocycles. The number of halogens is 1. The van der Waals surface area contributed by atoms with E-state index >= 15 is 0 Å². The highest BCUT2D eigenvalue weighted by atomic mass is 79.9. The summed E-state index contributed by atoms with van der Waals surface area (Å²) in [6.07, 6.45) is 0. The maximum Gasteiger partial charge on any atom is 0.143 e. The molecule has 0 bridgehead atoms. The van der Waals surface area contributed by atoms with Gasteiger partial charge in [0.25, 0.3) is 0 Å². The maximum absolute atomic E-state index is 6.74. The van der Waals surface area contributed by atoms with Crippen molar-refractivity contribution in [2.45, 2.75) is 7.43 Å². The van der Waals surface area contributed by atoms with E-state index in [2.05, 4.69) is 346 Å². The lowest BCUT2D eigenvalue weighted by atomic mass is 10.0. The van der Waals surface area contributed by atoms with Crippen molar-refractivity contribution < 1.29 is 4.42 Å². The lowest BCUT2D eigenvalue weighted by molar-refractivity contribution is 0.673. The molecule has 98 heavy (non-hydrogen) atoms. The van der Waals surface area contributed by atoms with E-state index in [1.807, 2.05) is 34.8 Å². The average Bonchev–Trinajstić information content (AvgIpc) is 1.42. The number of furan rings is 1. The molecule has 0 unspecified atom stereocenters. The molecule has 4 aromatic heterocycles. The van der Waals surface area contributed by atoms with Gasteiger partial charge in [-0.2, -0.15) is 0 Å². The van der Waals surface area contributed by atoms with E-state index in [4.69, 9.17) is 10.2 Å². The standard InChI is InChI=1S/C44H28N2OS.C32H20BrNS.C12H9NS.CH4/c1-2-14-30(15-3-1)46(39-22-10-13-28-12-4-5-16-31(28)39)40-27-37-33-25-24-29(26-41(33)47-43(37)35-19-7-6-17-32(35)40)45-38-21-11-20-36-34-18-8-9-23-42(34)48-44(36)38;33-22-17-18-26-28-20-30(25-14-6-7-15-27(25)32(28)35-31(26)19-22)34(23-11-2-1-3-12-23)29-16-8-10-21-9-4-5-13-24(21)29;13-10-6-3-5-9-8-4-1-2-7-11(8)14-12(9)10;/h1-27,45H;1-20H;1-7H,13H2;1H4. The fourth-order valence-corrected chi connectivity index (χ4v) is 18.2. The number of nitrogens with zero attached hydrogens (tertiary/aromatic N) is 2. The number of benzene rings is 16. The van der Waals surface area contributed by atoms with Gasteiger partial charge in [0.2, 0.25) is 0 Å². The van der Waals surface area contributed by atoms with Crippen molar-refractivity contribution in [3.8, 4) is 0 Å². The third-order valence-electron chi connectivity index (χ3n) is 18.5. The third kappa shape index (κ3) is 10.6. The van der Waals surface area contributed by atoms with E-state index in [1.165, 1.54) is 104 Å². The minimum absolute atomic E-state index is 0. The SMILES string of the molecule is Brc1ccc2c(c1)sc1c3ccccc3c(N(c3ccccc3)c3cccc4ccccc34)cc21.C.Nc1cccc2c1sc1ccccc12.c1ccc(N(c2cccc3ccccc23)c2cc3c4ccc(Nc5cccc6c5sc5ccccc56)cc4oc3c3ccccc23)cc1. The number of rotatable bonds is 8. The van der Waals surface area contributed by atoms with E-state index in [-0.39, 0.29) is 7.43 Å². The highest BCUT2D eigenvalue weighted by Crippen LogP contribution is 2.50. The fraction of sp³-hybridized carbons (Fsp3) is 0.0112. The van der Waals surface area contributed by atoms with Gasteiger partial charge in [0.05, 0.1) is 37.8 Å². The number of fused-ring (bicyclic) bond motifs is 18. The lowest BCUT2D eigenvalue weighted by Crippen LogP contribution is -2.11. The Morgan fingerprint density at radius 2 is 0.745 bits per heavy atom. The van der Waals surface area contributed by atoms with Gasteiger partial charge in [-0.25, -0.2) is 0 Å². The van der Waals surface area contributed by atoms with Gasteiger partial charge in [0, 0.05) is 127 Å². The molecule has 20 aromatic rings. The molecular formula is C89H61BrN4OS3. The number of hydrogen-bond donors (Lipinski definition) is 2. The molecule has 16 aromatic carbocycles. The van der Waals surface area contributed by atoms with Gasteiger partial charge in [-0.15, -0.1) is 34.0 Å². The van der Waals surface area contributed by atoms with Crippen LogP contribution in [0.25, 0.3) is 126 Å². The van der Waals surface area contributed by atoms with Crippen molar-refractivity contribution >= 4 is 227 Å². The van der Waals surface area contributed by atoms with E-state index in [9.17, 15) is 0 Å². The molecule has 3 N–H and O–H groups in total. The first-order valence-corrected chi connectivity index (χ1v) is 35.6. The van der Waals surface area contributed by atoms with Crippen LogP contribution in [-0.4, -0.2) is 0 Å². The Morgan fingerprint density at radius 3 is 1.38 bits per heavy atom. The van der Waals surface area contributed by atoms with Gasteiger partial charge in [-0.1, -0.05) is 248 Å². The van der Waals surface area contributed by atoms with E-state index in [0.29, 0.717) is 0 Å². The van der Waals surface area contributed by atoms with Crippen molar-refractivity contribution in [1.29, 1.82) is 0 Å². The summed E-state index contributed by atoms with van der Waals surface area (Å²) in [6.45, 7) is 0. The zero-order valence-electron chi connectivity index (χ0n) is 52.2. The predicted molar refractivity (Wildman–Crippen MR) is 433 cm³/mol. The molecule has 0 aliphatic rings. The summed E-state index contributed by atoms with van der Waals surface area (Å²) in [6, 6.07) is 117. The molecule has 0 atom stereocenters. The molecule has 9 heteroatoms. The van der Waals surface area contributed by atoms with Gasteiger partial charge in [0.15, 0.2) is 0 Å². The molecule has 0 saturated carbocycles. The summed E-state index contributed by atoms with van der Waals surface area (Å²) < 4.78 is 15.6.